The Hall–Kier alpha value is -0.300. The van der Waals surface area contributed by atoms with Crippen LogP contribution in [0.15, 0.2) is 12.2 Å². The quantitative estimate of drug-likeness (QED) is 0.507. The van der Waals surface area contributed by atoms with Gasteiger partial charge in [0.05, 0.1) is 0 Å². The van der Waals surface area contributed by atoms with Crippen molar-refractivity contribution in [3.05, 3.63) is 12.2 Å². The Balaban J connectivity index is 1.87. The second-order valence-electron chi connectivity index (χ2n) is 3.70. The van der Waals surface area contributed by atoms with E-state index in [-0.39, 0.29) is 0 Å². The van der Waals surface area contributed by atoms with Gasteiger partial charge >= 0.3 is 0 Å². The van der Waals surface area contributed by atoms with Gasteiger partial charge in [0.15, 0.2) is 0 Å². The molecular formula is C10H16N. The Labute approximate surface area is 68.9 Å². The van der Waals surface area contributed by atoms with Gasteiger partial charge in [-0.25, -0.2) is 5.32 Å². The van der Waals surface area contributed by atoms with Crippen LogP contribution in [-0.4, -0.2) is 13.1 Å². The Kier molecular flexibility index (Phi) is 2.27. The SMILES string of the molecule is C1=CC(C2CCC[N]C2)CC1. The molecule has 0 amide bonds. The second-order valence-corrected chi connectivity index (χ2v) is 3.70. The molecule has 1 nitrogen and oxygen atoms in total. The molecule has 2 aliphatic rings. The molecule has 0 aromatic carbocycles. The number of hydrogen-bond donors (Lipinski definition) is 0. The fourth-order valence-corrected chi connectivity index (χ4v) is 2.21. The number of allylic oxidation sites excluding steroid dienone is 2. The maximum Gasteiger partial charge on any atom is 0.0167 e. The van der Waals surface area contributed by atoms with Crippen LogP contribution < -0.4 is 5.32 Å². The highest BCUT2D eigenvalue weighted by molar-refractivity contribution is 4.99. The maximum atomic E-state index is 4.47. The first kappa shape index (κ1) is 7.35. The number of nitrogens with zero attached hydrogens (tertiary/aromatic N) is 1. The van der Waals surface area contributed by atoms with Crippen molar-refractivity contribution < 1.29 is 0 Å². The van der Waals surface area contributed by atoms with Crippen molar-refractivity contribution in [2.24, 2.45) is 11.8 Å². The lowest BCUT2D eigenvalue weighted by Gasteiger charge is -2.25. The summed E-state index contributed by atoms with van der Waals surface area (Å²) in [6, 6.07) is 0. The third-order valence-corrected chi connectivity index (χ3v) is 2.91. The molecule has 61 valence electrons. The summed E-state index contributed by atoms with van der Waals surface area (Å²) >= 11 is 0. The predicted molar refractivity (Wildman–Crippen MR) is 46.5 cm³/mol. The van der Waals surface area contributed by atoms with Crippen molar-refractivity contribution in [3.8, 4) is 0 Å². The van der Waals surface area contributed by atoms with Crippen LogP contribution in [0.1, 0.15) is 25.7 Å². The van der Waals surface area contributed by atoms with Gasteiger partial charge < -0.3 is 0 Å². The highest BCUT2D eigenvalue weighted by atomic mass is 14.9. The molecule has 1 heterocycles. The van der Waals surface area contributed by atoms with E-state index >= 15 is 0 Å². The molecule has 2 atom stereocenters. The van der Waals surface area contributed by atoms with E-state index in [1.165, 1.54) is 25.7 Å². The van der Waals surface area contributed by atoms with Gasteiger partial charge in [0.25, 0.3) is 0 Å². The fraction of sp³-hybridized carbons (Fsp3) is 0.800. The molecule has 0 bridgehead atoms. The highest BCUT2D eigenvalue weighted by Gasteiger charge is 2.23. The first-order valence-electron chi connectivity index (χ1n) is 4.77. The smallest absolute Gasteiger partial charge is 0.0167 e. The van der Waals surface area contributed by atoms with Gasteiger partial charge in [-0.05, 0) is 37.5 Å². The van der Waals surface area contributed by atoms with Crippen molar-refractivity contribution in [3.63, 3.8) is 0 Å². The molecule has 0 aromatic rings. The summed E-state index contributed by atoms with van der Waals surface area (Å²) in [6.07, 6.45) is 10.2. The Morgan fingerprint density at radius 3 is 2.91 bits per heavy atom. The van der Waals surface area contributed by atoms with E-state index < -0.39 is 0 Å². The van der Waals surface area contributed by atoms with E-state index in [4.69, 9.17) is 0 Å². The van der Waals surface area contributed by atoms with E-state index in [1.54, 1.807) is 0 Å². The van der Waals surface area contributed by atoms with Crippen LogP contribution in [0.3, 0.4) is 0 Å². The van der Waals surface area contributed by atoms with E-state index in [0.717, 1.165) is 24.9 Å². The van der Waals surface area contributed by atoms with Gasteiger partial charge in [-0.3, -0.25) is 0 Å². The van der Waals surface area contributed by atoms with Crippen LogP contribution in [0.5, 0.6) is 0 Å². The molecule has 2 rings (SSSR count). The number of hydrogen-bond acceptors (Lipinski definition) is 0. The van der Waals surface area contributed by atoms with Crippen molar-refractivity contribution in [1.29, 1.82) is 0 Å². The molecular weight excluding hydrogens is 134 g/mol. The average molecular weight is 150 g/mol. The monoisotopic (exact) mass is 150 g/mol. The summed E-state index contributed by atoms with van der Waals surface area (Å²) in [4.78, 5) is 0. The van der Waals surface area contributed by atoms with E-state index in [9.17, 15) is 0 Å². The molecule has 1 saturated heterocycles. The molecule has 0 aromatic heterocycles. The van der Waals surface area contributed by atoms with Crippen molar-refractivity contribution in [1.82, 2.24) is 5.32 Å². The van der Waals surface area contributed by atoms with Crippen LogP contribution in [0, 0.1) is 11.8 Å². The zero-order valence-corrected chi connectivity index (χ0v) is 7.00. The molecule has 0 spiro atoms. The third kappa shape index (κ3) is 1.64. The van der Waals surface area contributed by atoms with Gasteiger partial charge in [0.1, 0.15) is 0 Å². The van der Waals surface area contributed by atoms with Crippen LogP contribution in [0.2, 0.25) is 0 Å². The molecule has 1 radical (unpaired) electrons. The average Bonchev–Trinajstić information content (AvgIpc) is 2.58. The second kappa shape index (κ2) is 3.40. The lowest BCUT2D eigenvalue weighted by molar-refractivity contribution is 0.297. The van der Waals surface area contributed by atoms with E-state index in [2.05, 4.69) is 17.5 Å². The van der Waals surface area contributed by atoms with E-state index in [1.807, 2.05) is 0 Å². The molecule has 1 fully saturated rings. The van der Waals surface area contributed by atoms with Gasteiger partial charge in [-0.1, -0.05) is 12.2 Å². The minimum absolute atomic E-state index is 0.874. The van der Waals surface area contributed by atoms with Gasteiger partial charge in [-0.15, -0.1) is 0 Å². The van der Waals surface area contributed by atoms with Crippen LogP contribution in [0.25, 0.3) is 0 Å². The van der Waals surface area contributed by atoms with E-state index in [0.29, 0.717) is 0 Å². The number of rotatable bonds is 1. The van der Waals surface area contributed by atoms with Crippen LogP contribution >= 0.6 is 0 Å². The van der Waals surface area contributed by atoms with Crippen molar-refractivity contribution in [2.75, 3.05) is 13.1 Å². The first-order chi connectivity index (χ1) is 5.47. The lowest BCUT2D eigenvalue weighted by Crippen LogP contribution is -2.28. The summed E-state index contributed by atoms with van der Waals surface area (Å²) in [6.45, 7) is 2.25. The molecule has 2 unspecified atom stereocenters. The van der Waals surface area contributed by atoms with Gasteiger partial charge in [0.2, 0.25) is 0 Å². The highest BCUT2D eigenvalue weighted by Crippen LogP contribution is 2.29. The molecule has 0 N–H and O–H groups in total. The largest absolute Gasteiger partial charge is 0.241 e. The predicted octanol–water partition coefficient (Wildman–Crippen LogP) is 1.97. The summed E-state index contributed by atoms with van der Waals surface area (Å²) in [5.74, 6) is 1.77. The molecule has 1 aliphatic heterocycles. The summed E-state index contributed by atoms with van der Waals surface area (Å²) in [5, 5.41) is 4.47. The molecule has 11 heavy (non-hydrogen) atoms. The summed E-state index contributed by atoms with van der Waals surface area (Å²) in [7, 11) is 0. The van der Waals surface area contributed by atoms with Crippen LogP contribution in [-0.2, 0) is 0 Å². The van der Waals surface area contributed by atoms with Gasteiger partial charge in [0, 0.05) is 13.1 Å². The molecule has 0 saturated carbocycles. The first-order valence-corrected chi connectivity index (χ1v) is 4.77. The Morgan fingerprint density at radius 2 is 2.27 bits per heavy atom. The number of piperidine rings is 1. The van der Waals surface area contributed by atoms with Crippen molar-refractivity contribution in [2.45, 2.75) is 25.7 Å². The summed E-state index contributed by atoms with van der Waals surface area (Å²) in [5.41, 5.74) is 0. The van der Waals surface area contributed by atoms with Gasteiger partial charge in [-0.2, -0.15) is 0 Å². The zero-order chi connectivity index (χ0) is 7.52. The minimum Gasteiger partial charge on any atom is -0.241 e. The maximum absolute atomic E-state index is 4.47. The third-order valence-electron chi connectivity index (χ3n) is 2.91. The molecule has 1 aliphatic carbocycles. The minimum atomic E-state index is 0.874. The standard InChI is InChI=1S/C10H16N/c1-2-5-9(4-1)10-6-3-7-11-8-10/h1,4,9-10H,2-3,5-8H2. The zero-order valence-electron chi connectivity index (χ0n) is 7.00. The lowest BCUT2D eigenvalue weighted by atomic mass is 9.86. The fourth-order valence-electron chi connectivity index (χ4n) is 2.21. The summed E-state index contributed by atoms with van der Waals surface area (Å²) < 4.78 is 0. The normalized spacial score (nSPS) is 37.8. The van der Waals surface area contributed by atoms with Crippen LogP contribution in [0.4, 0.5) is 0 Å². The van der Waals surface area contributed by atoms with Crippen molar-refractivity contribution >= 4 is 0 Å². The Morgan fingerprint density at radius 1 is 1.27 bits per heavy atom. The molecule has 1 heteroatoms. The topological polar surface area (TPSA) is 14.1 Å². The Bertz CT molecular complexity index is 145.